The summed E-state index contributed by atoms with van der Waals surface area (Å²) in [7, 11) is -1.73. The first-order valence-electron chi connectivity index (χ1n) is 5.03. The summed E-state index contributed by atoms with van der Waals surface area (Å²) in [5.41, 5.74) is 0. The van der Waals surface area contributed by atoms with Crippen LogP contribution in [0.4, 0.5) is 0 Å². The van der Waals surface area contributed by atoms with Gasteiger partial charge in [0.15, 0.2) is 0 Å². The smallest absolute Gasteiger partial charge is 0.144 e. The van der Waals surface area contributed by atoms with E-state index in [1.54, 1.807) is 0 Å². The summed E-state index contributed by atoms with van der Waals surface area (Å²) in [5, 5.41) is 0. The van der Waals surface area contributed by atoms with Crippen LogP contribution in [0.3, 0.4) is 0 Å². The van der Waals surface area contributed by atoms with Crippen LogP contribution < -0.4 is 0 Å². The average molecular weight is 249 g/mol. The third-order valence-corrected chi connectivity index (χ3v) is 2.43. The molecule has 0 unspecified atom stereocenters. The predicted molar refractivity (Wildman–Crippen MR) is 60.8 cm³/mol. The molecule has 0 spiro atoms. The fraction of sp³-hybridized carbons (Fsp3) is 0.700. The Morgan fingerprint density at radius 1 is 1.44 bits per heavy atom. The van der Waals surface area contributed by atoms with Crippen molar-refractivity contribution >= 4 is 15.9 Å². The maximum absolute atomic E-state index is 10.9. The number of hydrogen-bond acceptors (Lipinski definition) is 4. The number of hydrogen-bond donors (Lipinski definition) is 0. The fourth-order valence-electron chi connectivity index (χ4n) is 1.52. The molecule has 1 fully saturated rings. The van der Waals surface area contributed by atoms with Crippen molar-refractivity contribution in [3.05, 3.63) is 12.7 Å². The van der Waals surface area contributed by atoms with Gasteiger partial charge in [-0.05, 0) is 6.08 Å². The molecule has 0 amide bonds. The molecule has 1 saturated heterocycles. The Morgan fingerprint density at radius 3 is 2.12 bits per heavy atom. The molecule has 1 aliphatic rings. The maximum atomic E-state index is 10.9. The minimum absolute atomic E-state index is 0.421. The zero-order valence-electron chi connectivity index (χ0n) is 9.81. The van der Waals surface area contributed by atoms with E-state index >= 15 is 0 Å². The van der Waals surface area contributed by atoms with Crippen LogP contribution in [0.2, 0.25) is 0 Å². The van der Waals surface area contributed by atoms with E-state index in [0.717, 1.165) is 37.0 Å². The highest BCUT2D eigenvalue weighted by Crippen LogP contribution is 2.13. The lowest BCUT2D eigenvalue weighted by atomic mass is 10.1. The van der Waals surface area contributed by atoms with Gasteiger partial charge in [-0.3, -0.25) is 4.79 Å². The number of quaternary nitrogens is 1. The molecule has 0 aromatic heterocycles. The Kier molecular flexibility index (Phi) is 5.85. The first-order valence-corrected chi connectivity index (χ1v) is 6.85. The van der Waals surface area contributed by atoms with Crippen molar-refractivity contribution < 1.29 is 22.2 Å². The minimum atomic E-state index is -3.92. The highest BCUT2D eigenvalue weighted by Gasteiger charge is 2.26. The summed E-state index contributed by atoms with van der Waals surface area (Å²) in [6.45, 7) is 6.69. The Labute approximate surface area is 97.1 Å². The Bertz CT molecular complexity index is 330. The van der Waals surface area contributed by atoms with Crippen molar-refractivity contribution in [2.45, 2.75) is 12.8 Å². The number of carbonyl (C=O) groups is 1. The quantitative estimate of drug-likeness (QED) is 0.396. The van der Waals surface area contributed by atoms with E-state index in [4.69, 9.17) is 13.0 Å². The Hall–Kier alpha value is -0.720. The molecule has 1 aliphatic heterocycles. The molecule has 0 aromatic carbocycles. The molecule has 1 rings (SSSR count). The molecular formula is C10H19NO4S. The summed E-state index contributed by atoms with van der Waals surface area (Å²) in [6, 6.07) is 0. The topological polar surface area (TPSA) is 74.3 Å². The molecule has 94 valence electrons. The summed E-state index contributed by atoms with van der Waals surface area (Å²) in [5.74, 6) is 0.421. The molecule has 0 atom stereocenters. The largest absolute Gasteiger partial charge is 0.748 e. The zero-order chi connectivity index (χ0) is 12.8. The molecule has 16 heavy (non-hydrogen) atoms. The highest BCUT2D eigenvalue weighted by atomic mass is 32.2. The number of likely N-dealkylation sites (N-methyl/N-ethyl adjacent to an activating group) is 1. The molecule has 0 aromatic rings. The molecule has 0 aliphatic carbocycles. The molecule has 0 N–H and O–H groups in total. The van der Waals surface area contributed by atoms with Crippen LogP contribution >= 0.6 is 0 Å². The summed E-state index contributed by atoms with van der Waals surface area (Å²) >= 11 is 0. The normalized spacial score (nSPS) is 19.6. The number of carbonyl (C=O) groups excluding carboxylic acids is 1. The van der Waals surface area contributed by atoms with Crippen LogP contribution in [-0.2, 0) is 14.9 Å². The number of Topliss-reactive ketones (excluding diaryl/α,β-unsaturated/α-hetero) is 1. The van der Waals surface area contributed by atoms with Crippen LogP contribution in [0.5, 0.6) is 0 Å². The van der Waals surface area contributed by atoms with Gasteiger partial charge >= 0.3 is 0 Å². The lowest BCUT2D eigenvalue weighted by Crippen LogP contribution is -2.49. The lowest BCUT2D eigenvalue weighted by molar-refractivity contribution is -0.905. The van der Waals surface area contributed by atoms with E-state index in [9.17, 15) is 4.79 Å². The molecular weight excluding hydrogens is 230 g/mol. The Morgan fingerprint density at radius 2 is 1.81 bits per heavy atom. The standard InChI is InChI=1S/C9H16NO.CH4O3S/c1-3-6-10(2)7-4-9(11)5-8-10;1-5(2,3)4/h3H,1,4-8H2,2H3;1H3,(H,2,3,4)/q+1;/p-1. The lowest BCUT2D eigenvalue weighted by Gasteiger charge is -2.36. The molecule has 5 nitrogen and oxygen atoms in total. The van der Waals surface area contributed by atoms with Gasteiger partial charge in [0, 0.05) is 6.26 Å². The second kappa shape index (κ2) is 6.12. The minimum Gasteiger partial charge on any atom is -0.748 e. The SMILES string of the molecule is C=CC[N+]1(C)CCC(=O)CC1.CS(=O)(=O)[O-]. The van der Waals surface area contributed by atoms with Crippen LogP contribution in [0.25, 0.3) is 0 Å². The van der Waals surface area contributed by atoms with Crippen molar-refractivity contribution in [2.24, 2.45) is 0 Å². The fourth-order valence-corrected chi connectivity index (χ4v) is 1.52. The van der Waals surface area contributed by atoms with Gasteiger partial charge in [0.25, 0.3) is 0 Å². The molecule has 0 saturated carbocycles. The van der Waals surface area contributed by atoms with E-state index in [2.05, 4.69) is 13.6 Å². The maximum Gasteiger partial charge on any atom is 0.144 e. The zero-order valence-corrected chi connectivity index (χ0v) is 10.6. The van der Waals surface area contributed by atoms with Crippen LogP contribution in [-0.4, -0.2) is 56.2 Å². The van der Waals surface area contributed by atoms with Crippen molar-refractivity contribution in [3.8, 4) is 0 Å². The average Bonchev–Trinajstić information content (AvgIpc) is 2.08. The van der Waals surface area contributed by atoms with Crippen molar-refractivity contribution in [3.63, 3.8) is 0 Å². The van der Waals surface area contributed by atoms with Crippen molar-refractivity contribution in [1.82, 2.24) is 0 Å². The second-order valence-electron chi connectivity index (χ2n) is 4.28. The van der Waals surface area contributed by atoms with Crippen molar-refractivity contribution in [2.75, 3.05) is 32.9 Å². The first-order chi connectivity index (χ1) is 7.16. The number of nitrogens with zero attached hydrogens (tertiary/aromatic N) is 1. The van der Waals surface area contributed by atoms with Gasteiger partial charge in [-0.25, -0.2) is 8.42 Å². The monoisotopic (exact) mass is 249 g/mol. The van der Waals surface area contributed by atoms with Crippen LogP contribution in [0.15, 0.2) is 12.7 Å². The number of piperidine rings is 1. The van der Waals surface area contributed by atoms with Gasteiger partial charge in [0.05, 0.1) is 49.6 Å². The summed E-state index contributed by atoms with van der Waals surface area (Å²) < 4.78 is 28.2. The van der Waals surface area contributed by atoms with E-state index in [0.29, 0.717) is 12.0 Å². The van der Waals surface area contributed by atoms with E-state index in [1.165, 1.54) is 0 Å². The van der Waals surface area contributed by atoms with Gasteiger partial charge in [-0.15, -0.1) is 0 Å². The summed E-state index contributed by atoms with van der Waals surface area (Å²) in [4.78, 5) is 10.9. The third kappa shape index (κ3) is 8.58. The van der Waals surface area contributed by atoms with E-state index < -0.39 is 10.1 Å². The number of rotatable bonds is 2. The van der Waals surface area contributed by atoms with Gasteiger partial charge in [-0.1, -0.05) is 6.58 Å². The van der Waals surface area contributed by atoms with E-state index in [1.807, 2.05) is 6.08 Å². The highest BCUT2D eigenvalue weighted by molar-refractivity contribution is 7.84. The number of ketones is 1. The third-order valence-electron chi connectivity index (χ3n) is 2.43. The van der Waals surface area contributed by atoms with Gasteiger partial charge in [0.2, 0.25) is 0 Å². The molecule has 0 bridgehead atoms. The second-order valence-corrected chi connectivity index (χ2v) is 5.69. The molecule has 6 heteroatoms. The van der Waals surface area contributed by atoms with Gasteiger partial charge in [0.1, 0.15) is 5.78 Å². The molecule has 1 heterocycles. The number of likely N-dealkylation sites (tertiary alicyclic amines) is 1. The van der Waals surface area contributed by atoms with Crippen LogP contribution in [0, 0.1) is 0 Å². The van der Waals surface area contributed by atoms with Crippen molar-refractivity contribution in [1.29, 1.82) is 0 Å². The van der Waals surface area contributed by atoms with E-state index in [-0.39, 0.29) is 0 Å². The molecule has 0 radical (unpaired) electrons. The Balaban J connectivity index is 0.000000385. The van der Waals surface area contributed by atoms with Crippen LogP contribution in [0.1, 0.15) is 12.8 Å². The summed E-state index contributed by atoms with van der Waals surface area (Å²) in [6.07, 6.45) is 4.05. The predicted octanol–water partition coefficient (Wildman–Crippen LogP) is 0.143. The first kappa shape index (κ1) is 15.3. The van der Waals surface area contributed by atoms with Gasteiger partial charge < -0.3 is 9.04 Å². The van der Waals surface area contributed by atoms with Gasteiger partial charge in [-0.2, -0.15) is 0 Å².